The quantitative estimate of drug-likeness (QED) is 0.654. The maximum absolute atomic E-state index is 13.7. The molecule has 0 unspecified atom stereocenters. The zero-order chi connectivity index (χ0) is 18.7. The third kappa shape index (κ3) is 3.75. The Morgan fingerprint density at radius 2 is 1.73 bits per heavy atom. The monoisotopic (exact) mass is 378 g/mol. The lowest BCUT2D eigenvalue weighted by Gasteiger charge is -2.09. The number of rotatable bonds is 4. The summed E-state index contributed by atoms with van der Waals surface area (Å²) in [5.74, 6) is -4.87. The Bertz CT molecular complexity index is 984. The second-order valence-corrected chi connectivity index (χ2v) is 5.48. The fourth-order valence-corrected chi connectivity index (χ4v) is 2.24. The van der Waals surface area contributed by atoms with Crippen molar-refractivity contribution in [2.45, 2.75) is 0 Å². The molecule has 3 aromatic rings. The van der Waals surface area contributed by atoms with Gasteiger partial charge in [-0.2, -0.15) is 0 Å². The van der Waals surface area contributed by atoms with E-state index in [1.165, 1.54) is 6.07 Å². The van der Waals surface area contributed by atoms with Crippen molar-refractivity contribution in [1.29, 1.82) is 0 Å². The van der Waals surface area contributed by atoms with E-state index in [-0.39, 0.29) is 17.2 Å². The number of hydrogen-bond donors (Lipinski definition) is 2. The summed E-state index contributed by atoms with van der Waals surface area (Å²) >= 11 is 5.97. The van der Waals surface area contributed by atoms with Crippen LogP contribution in [0.25, 0.3) is 0 Å². The van der Waals surface area contributed by atoms with E-state index < -0.39 is 23.4 Å². The number of aromatic nitrogens is 2. The topological polar surface area (TPSA) is 66.9 Å². The third-order valence-electron chi connectivity index (χ3n) is 3.32. The molecular formula is C17H10ClF3N4O. The molecule has 3 rings (SSSR count). The van der Waals surface area contributed by atoms with Gasteiger partial charge in [0, 0.05) is 6.07 Å². The van der Waals surface area contributed by atoms with Crippen molar-refractivity contribution in [1.82, 2.24) is 9.97 Å². The molecule has 1 aromatic heterocycles. The molecule has 2 N–H and O–H groups in total. The number of hydrogen-bond acceptors (Lipinski definition) is 4. The van der Waals surface area contributed by atoms with Crippen LogP contribution in [-0.4, -0.2) is 15.9 Å². The normalized spacial score (nSPS) is 10.5. The summed E-state index contributed by atoms with van der Waals surface area (Å²) in [4.78, 5) is 19.9. The number of nitrogens with zero attached hydrogens (tertiary/aromatic N) is 2. The van der Waals surface area contributed by atoms with Gasteiger partial charge in [-0.15, -0.1) is 0 Å². The number of para-hydroxylation sites is 1. The van der Waals surface area contributed by atoms with E-state index in [0.717, 1.165) is 18.5 Å². The zero-order valence-corrected chi connectivity index (χ0v) is 13.7. The molecule has 2 aromatic carbocycles. The highest BCUT2D eigenvalue weighted by Gasteiger charge is 2.15. The highest BCUT2D eigenvalue weighted by Crippen LogP contribution is 2.24. The molecule has 1 amide bonds. The van der Waals surface area contributed by atoms with E-state index in [9.17, 15) is 18.0 Å². The summed E-state index contributed by atoms with van der Waals surface area (Å²) in [7, 11) is 0. The second kappa shape index (κ2) is 7.40. The Kier molecular flexibility index (Phi) is 5.04. The lowest BCUT2D eigenvalue weighted by molar-refractivity contribution is 0.102. The van der Waals surface area contributed by atoms with Crippen molar-refractivity contribution in [3.63, 3.8) is 0 Å². The molecule has 9 heteroatoms. The predicted molar refractivity (Wildman–Crippen MR) is 91.0 cm³/mol. The molecule has 0 fully saturated rings. The van der Waals surface area contributed by atoms with E-state index in [2.05, 4.69) is 20.6 Å². The summed E-state index contributed by atoms with van der Waals surface area (Å²) in [6.45, 7) is 0. The average Bonchev–Trinajstić information content (AvgIpc) is 2.64. The Morgan fingerprint density at radius 1 is 0.962 bits per heavy atom. The lowest BCUT2D eigenvalue weighted by Crippen LogP contribution is -2.14. The van der Waals surface area contributed by atoms with Crippen LogP contribution in [0.5, 0.6) is 0 Å². The first-order valence-corrected chi connectivity index (χ1v) is 7.62. The van der Waals surface area contributed by atoms with Crippen molar-refractivity contribution < 1.29 is 18.0 Å². The van der Waals surface area contributed by atoms with Crippen LogP contribution in [0.15, 0.2) is 48.8 Å². The Morgan fingerprint density at radius 3 is 2.50 bits per heavy atom. The van der Waals surface area contributed by atoms with Gasteiger partial charge in [-0.1, -0.05) is 23.7 Å². The standard InChI is InChI=1S/C17H10ClF3N4O/c18-9-3-1-2-4-11(9)25-17(26)13-7-14(23-8-22-13)24-12-6-5-10(19)15(20)16(12)21/h1-8H,(H,25,26)(H,22,23,24). The molecule has 1 heterocycles. The van der Waals surface area contributed by atoms with Gasteiger partial charge in [0.25, 0.3) is 5.91 Å². The van der Waals surface area contributed by atoms with E-state index in [1.54, 1.807) is 24.3 Å². The number of carbonyl (C=O) groups excluding carboxylic acids is 1. The maximum atomic E-state index is 13.7. The highest BCUT2D eigenvalue weighted by atomic mass is 35.5. The van der Waals surface area contributed by atoms with Crippen LogP contribution in [0.4, 0.5) is 30.4 Å². The molecule has 5 nitrogen and oxygen atoms in total. The van der Waals surface area contributed by atoms with Crippen LogP contribution in [0.1, 0.15) is 10.5 Å². The van der Waals surface area contributed by atoms with Gasteiger partial charge in [-0.25, -0.2) is 23.1 Å². The zero-order valence-electron chi connectivity index (χ0n) is 12.9. The summed E-state index contributed by atoms with van der Waals surface area (Å²) < 4.78 is 40.0. The molecule has 0 radical (unpaired) electrons. The molecule has 0 bridgehead atoms. The van der Waals surface area contributed by atoms with Crippen molar-refractivity contribution in [3.05, 3.63) is 77.0 Å². The summed E-state index contributed by atoms with van der Waals surface area (Å²) in [5.41, 5.74) is 0.0180. The number of benzene rings is 2. The number of amides is 1. The molecule has 0 saturated heterocycles. The van der Waals surface area contributed by atoms with Crippen LogP contribution < -0.4 is 10.6 Å². The fraction of sp³-hybridized carbons (Fsp3) is 0. The molecule has 0 spiro atoms. The first-order chi connectivity index (χ1) is 12.5. The van der Waals surface area contributed by atoms with E-state index in [4.69, 9.17) is 11.6 Å². The molecule has 132 valence electrons. The Hall–Kier alpha value is -3.13. The average molecular weight is 379 g/mol. The minimum absolute atomic E-state index is 0.0224. The van der Waals surface area contributed by atoms with Crippen molar-refractivity contribution in [3.8, 4) is 0 Å². The first-order valence-electron chi connectivity index (χ1n) is 7.24. The van der Waals surface area contributed by atoms with Gasteiger partial charge < -0.3 is 10.6 Å². The van der Waals surface area contributed by atoms with Gasteiger partial charge in [0.15, 0.2) is 17.5 Å². The van der Waals surface area contributed by atoms with E-state index in [0.29, 0.717) is 10.7 Å². The SMILES string of the molecule is O=C(Nc1ccccc1Cl)c1cc(Nc2ccc(F)c(F)c2F)ncn1. The summed E-state index contributed by atoms with van der Waals surface area (Å²) in [5, 5.41) is 5.39. The Labute approximate surface area is 150 Å². The maximum Gasteiger partial charge on any atom is 0.274 e. The molecular weight excluding hydrogens is 369 g/mol. The second-order valence-electron chi connectivity index (χ2n) is 5.07. The largest absolute Gasteiger partial charge is 0.338 e. The molecule has 0 saturated carbocycles. The van der Waals surface area contributed by atoms with Gasteiger partial charge >= 0.3 is 0 Å². The number of halogens is 4. The van der Waals surface area contributed by atoms with Crippen molar-refractivity contribution in [2.75, 3.05) is 10.6 Å². The Balaban J connectivity index is 1.81. The van der Waals surface area contributed by atoms with E-state index in [1.807, 2.05) is 0 Å². The van der Waals surface area contributed by atoms with Gasteiger partial charge in [-0.05, 0) is 24.3 Å². The molecule has 0 aliphatic rings. The van der Waals surface area contributed by atoms with Gasteiger partial charge in [-0.3, -0.25) is 4.79 Å². The minimum atomic E-state index is -1.61. The summed E-state index contributed by atoms with van der Waals surface area (Å²) in [6.07, 6.45) is 1.07. The third-order valence-corrected chi connectivity index (χ3v) is 3.65. The smallest absolute Gasteiger partial charge is 0.274 e. The van der Waals surface area contributed by atoms with Crippen LogP contribution in [0, 0.1) is 17.5 Å². The van der Waals surface area contributed by atoms with Gasteiger partial charge in [0.05, 0.1) is 16.4 Å². The van der Waals surface area contributed by atoms with Crippen LogP contribution in [0.2, 0.25) is 5.02 Å². The first kappa shape index (κ1) is 17.7. The lowest BCUT2D eigenvalue weighted by atomic mass is 10.2. The van der Waals surface area contributed by atoms with Crippen LogP contribution >= 0.6 is 11.6 Å². The fourth-order valence-electron chi connectivity index (χ4n) is 2.06. The van der Waals surface area contributed by atoms with Gasteiger partial charge in [0.2, 0.25) is 0 Å². The molecule has 0 aliphatic heterocycles. The van der Waals surface area contributed by atoms with Crippen molar-refractivity contribution >= 4 is 34.7 Å². The predicted octanol–water partition coefficient (Wildman–Crippen LogP) is 4.54. The summed E-state index contributed by atoms with van der Waals surface area (Å²) in [6, 6.07) is 9.63. The highest BCUT2D eigenvalue weighted by molar-refractivity contribution is 6.33. The molecule has 0 aliphatic carbocycles. The molecule has 0 atom stereocenters. The number of carbonyl (C=O) groups is 1. The van der Waals surface area contributed by atoms with Crippen LogP contribution in [-0.2, 0) is 0 Å². The number of anilines is 3. The minimum Gasteiger partial charge on any atom is -0.338 e. The number of nitrogens with one attached hydrogen (secondary N) is 2. The van der Waals surface area contributed by atoms with Crippen molar-refractivity contribution in [2.24, 2.45) is 0 Å². The van der Waals surface area contributed by atoms with Crippen LogP contribution in [0.3, 0.4) is 0 Å². The van der Waals surface area contributed by atoms with E-state index >= 15 is 0 Å². The van der Waals surface area contributed by atoms with Gasteiger partial charge in [0.1, 0.15) is 17.8 Å². The molecule has 26 heavy (non-hydrogen) atoms.